The smallest absolute Gasteiger partial charge is 0.0188 e. The van der Waals surface area contributed by atoms with Crippen LogP contribution in [0.5, 0.6) is 0 Å². The van der Waals surface area contributed by atoms with Gasteiger partial charge in [0, 0.05) is 11.8 Å². The first kappa shape index (κ1) is 15.4. The van der Waals surface area contributed by atoms with E-state index in [1.54, 1.807) is 0 Å². The first-order valence-corrected chi connectivity index (χ1v) is 8.80. The molecule has 0 saturated heterocycles. The molecule has 1 saturated carbocycles. The minimum absolute atomic E-state index is 0.766. The predicted molar refractivity (Wildman–Crippen MR) is 80.8 cm³/mol. The van der Waals surface area contributed by atoms with E-state index in [1.165, 1.54) is 50.0 Å². The fourth-order valence-electron chi connectivity index (χ4n) is 3.22. The molecule has 3 atom stereocenters. The lowest BCUT2D eigenvalue weighted by Crippen LogP contribution is -2.42. The van der Waals surface area contributed by atoms with Gasteiger partial charge in [0.05, 0.1) is 0 Å². The highest BCUT2D eigenvalue weighted by molar-refractivity contribution is 7.99. The second-order valence-electron chi connectivity index (χ2n) is 5.36. The summed E-state index contributed by atoms with van der Waals surface area (Å²) in [6, 6.07) is 0.766. The molecule has 2 heteroatoms. The fourth-order valence-corrected chi connectivity index (χ4v) is 4.30. The van der Waals surface area contributed by atoms with E-state index in [4.69, 9.17) is 0 Å². The van der Waals surface area contributed by atoms with Crippen LogP contribution >= 0.6 is 11.8 Å². The van der Waals surface area contributed by atoms with E-state index in [0.717, 1.165) is 24.4 Å². The van der Waals surface area contributed by atoms with Gasteiger partial charge in [-0.15, -0.1) is 0 Å². The van der Waals surface area contributed by atoms with E-state index in [-0.39, 0.29) is 0 Å². The molecule has 3 unspecified atom stereocenters. The van der Waals surface area contributed by atoms with Gasteiger partial charge in [-0.25, -0.2) is 0 Å². The van der Waals surface area contributed by atoms with Gasteiger partial charge in [0.1, 0.15) is 0 Å². The van der Waals surface area contributed by atoms with Gasteiger partial charge in [-0.1, -0.05) is 46.5 Å². The van der Waals surface area contributed by atoms with Gasteiger partial charge in [-0.3, -0.25) is 0 Å². The molecule has 17 heavy (non-hydrogen) atoms. The van der Waals surface area contributed by atoms with Crippen molar-refractivity contribution in [2.75, 3.05) is 18.1 Å². The maximum Gasteiger partial charge on any atom is 0.0188 e. The third-order valence-corrected chi connectivity index (χ3v) is 5.41. The van der Waals surface area contributed by atoms with Crippen molar-refractivity contribution in [2.45, 2.75) is 65.3 Å². The standard InChI is InChI=1S/C15H31NS/c1-4-11-17-12-15(16-6-3)14-10-8-7-9-13(14)5-2/h13-16H,4-12H2,1-3H3. The zero-order valence-electron chi connectivity index (χ0n) is 12.0. The molecule has 0 aliphatic heterocycles. The number of rotatable bonds is 8. The summed E-state index contributed by atoms with van der Waals surface area (Å²) in [7, 11) is 0. The highest BCUT2D eigenvalue weighted by Crippen LogP contribution is 2.35. The van der Waals surface area contributed by atoms with Crippen LogP contribution in [0.15, 0.2) is 0 Å². The molecule has 0 spiro atoms. The number of hydrogen-bond donors (Lipinski definition) is 1. The maximum atomic E-state index is 3.75. The molecule has 0 heterocycles. The quantitative estimate of drug-likeness (QED) is 0.650. The van der Waals surface area contributed by atoms with Crippen molar-refractivity contribution >= 4 is 11.8 Å². The molecule has 0 aromatic rings. The number of hydrogen-bond acceptors (Lipinski definition) is 2. The van der Waals surface area contributed by atoms with Crippen molar-refractivity contribution in [3.63, 3.8) is 0 Å². The summed E-state index contributed by atoms with van der Waals surface area (Å²) < 4.78 is 0. The van der Waals surface area contributed by atoms with E-state index in [1.807, 2.05) is 0 Å². The summed E-state index contributed by atoms with van der Waals surface area (Å²) in [5.74, 6) is 4.57. The van der Waals surface area contributed by atoms with Crippen molar-refractivity contribution in [3.8, 4) is 0 Å². The zero-order chi connectivity index (χ0) is 12.5. The van der Waals surface area contributed by atoms with E-state index < -0.39 is 0 Å². The Morgan fingerprint density at radius 1 is 1.18 bits per heavy atom. The molecule has 0 amide bonds. The zero-order valence-corrected chi connectivity index (χ0v) is 12.8. The Bertz CT molecular complexity index is 184. The van der Waals surface area contributed by atoms with Gasteiger partial charge in [-0.05, 0) is 37.0 Å². The molecular weight excluding hydrogens is 226 g/mol. The minimum Gasteiger partial charge on any atom is -0.313 e. The average Bonchev–Trinajstić information content (AvgIpc) is 2.38. The first-order valence-electron chi connectivity index (χ1n) is 7.64. The fraction of sp³-hybridized carbons (Fsp3) is 1.00. The van der Waals surface area contributed by atoms with Crippen molar-refractivity contribution in [1.82, 2.24) is 5.32 Å². The van der Waals surface area contributed by atoms with E-state index in [2.05, 4.69) is 37.8 Å². The van der Waals surface area contributed by atoms with Crippen LogP contribution in [0.2, 0.25) is 0 Å². The third kappa shape index (κ3) is 5.21. The lowest BCUT2D eigenvalue weighted by molar-refractivity contribution is 0.186. The van der Waals surface area contributed by atoms with Gasteiger partial charge in [-0.2, -0.15) is 11.8 Å². The monoisotopic (exact) mass is 257 g/mol. The second-order valence-corrected chi connectivity index (χ2v) is 6.51. The summed E-state index contributed by atoms with van der Waals surface area (Å²) in [6.45, 7) is 8.04. The van der Waals surface area contributed by atoms with Crippen LogP contribution in [0.4, 0.5) is 0 Å². The Morgan fingerprint density at radius 3 is 2.59 bits per heavy atom. The molecule has 0 aromatic carbocycles. The van der Waals surface area contributed by atoms with Gasteiger partial charge < -0.3 is 5.32 Å². The lowest BCUT2D eigenvalue weighted by atomic mass is 9.74. The Balaban J connectivity index is 2.47. The van der Waals surface area contributed by atoms with Gasteiger partial charge in [0.25, 0.3) is 0 Å². The molecule has 1 N–H and O–H groups in total. The molecular formula is C15H31NS. The number of thioether (sulfide) groups is 1. The molecule has 1 nitrogen and oxygen atoms in total. The van der Waals surface area contributed by atoms with Crippen LogP contribution in [0, 0.1) is 11.8 Å². The summed E-state index contributed by atoms with van der Waals surface area (Å²) in [5, 5.41) is 3.75. The summed E-state index contributed by atoms with van der Waals surface area (Å²) in [6.07, 6.45) is 8.55. The highest BCUT2D eigenvalue weighted by Gasteiger charge is 2.29. The van der Waals surface area contributed by atoms with E-state index in [0.29, 0.717) is 0 Å². The van der Waals surface area contributed by atoms with E-state index in [9.17, 15) is 0 Å². The topological polar surface area (TPSA) is 12.0 Å². The second kappa shape index (κ2) is 9.27. The highest BCUT2D eigenvalue weighted by atomic mass is 32.2. The SMILES string of the molecule is CCCSCC(NCC)C1CCCCC1CC. The summed E-state index contributed by atoms with van der Waals surface area (Å²) >= 11 is 2.14. The Hall–Kier alpha value is 0.310. The van der Waals surface area contributed by atoms with E-state index >= 15 is 0 Å². The third-order valence-electron chi connectivity index (χ3n) is 4.12. The van der Waals surface area contributed by atoms with Crippen molar-refractivity contribution in [3.05, 3.63) is 0 Å². The van der Waals surface area contributed by atoms with Crippen LogP contribution in [-0.2, 0) is 0 Å². The molecule has 0 radical (unpaired) electrons. The Labute approximate surface area is 113 Å². The molecule has 1 rings (SSSR count). The van der Waals surface area contributed by atoms with Crippen LogP contribution < -0.4 is 5.32 Å². The largest absolute Gasteiger partial charge is 0.313 e. The van der Waals surface area contributed by atoms with Crippen LogP contribution in [0.1, 0.15) is 59.3 Å². The summed E-state index contributed by atoms with van der Waals surface area (Å²) in [5.41, 5.74) is 0. The van der Waals surface area contributed by atoms with Gasteiger partial charge >= 0.3 is 0 Å². The maximum absolute atomic E-state index is 3.75. The molecule has 0 bridgehead atoms. The summed E-state index contributed by atoms with van der Waals surface area (Å²) in [4.78, 5) is 0. The predicted octanol–water partition coefficient (Wildman–Crippen LogP) is 4.32. The van der Waals surface area contributed by atoms with Crippen molar-refractivity contribution in [1.29, 1.82) is 0 Å². The van der Waals surface area contributed by atoms with Crippen LogP contribution in [-0.4, -0.2) is 24.1 Å². The average molecular weight is 257 g/mol. The molecule has 0 aromatic heterocycles. The molecule has 1 fully saturated rings. The van der Waals surface area contributed by atoms with Crippen LogP contribution in [0.25, 0.3) is 0 Å². The molecule has 1 aliphatic carbocycles. The number of nitrogens with one attached hydrogen (secondary N) is 1. The van der Waals surface area contributed by atoms with Gasteiger partial charge in [0.15, 0.2) is 0 Å². The van der Waals surface area contributed by atoms with Crippen molar-refractivity contribution in [2.24, 2.45) is 11.8 Å². The molecule has 1 aliphatic rings. The van der Waals surface area contributed by atoms with Crippen molar-refractivity contribution < 1.29 is 0 Å². The Kier molecular flexibility index (Phi) is 8.38. The Morgan fingerprint density at radius 2 is 1.94 bits per heavy atom. The normalized spacial score (nSPS) is 27.0. The molecule has 102 valence electrons. The first-order chi connectivity index (χ1) is 8.33. The lowest BCUT2D eigenvalue weighted by Gasteiger charge is -2.37. The minimum atomic E-state index is 0.766. The van der Waals surface area contributed by atoms with Crippen LogP contribution in [0.3, 0.4) is 0 Å². The van der Waals surface area contributed by atoms with Gasteiger partial charge in [0.2, 0.25) is 0 Å².